The SMILES string of the molecule is C[C](N)c1csc(N)n1. The van der Waals surface area contributed by atoms with E-state index in [9.17, 15) is 0 Å². The van der Waals surface area contributed by atoms with Gasteiger partial charge in [0.2, 0.25) is 0 Å². The number of nitrogens with zero attached hydrogens (tertiary/aromatic N) is 1. The van der Waals surface area contributed by atoms with Crippen molar-refractivity contribution in [3.05, 3.63) is 17.1 Å². The van der Waals surface area contributed by atoms with Crippen LogP contribution in [-0.2, 0) is 0 Å². The highest BCUT2D eigenvalue weighted by Gasteiger charge is 2.02. The fraction of sp³-hybridized carbons (Fsp3) is 0.200. The average Bonchev–Trinajstić information content (AvgIpc) is 2.14. The van der Waals surface area contributed by atoms with Crippen LogP contribution in [-0.4, -0.2) is 4.98 Å². The van der Waals surface area contributed by atoms with E-state index in [1.807, 2.05) is 5.38 Å². The van der Waals surface area contributed by atoms with E-state index in [-0.39, 0.29) is 0 Å². The summed E-state index contributed by atoms with van der Waals surface area (Å²) in [5.41, 5.74) is 11.6. The van der Waals surface area contributed by atoms with Crippen molar-refractivity contribution in [2.45, 2.75) is 6.92 Å². The molecular formula is C5H8N3S. The maximum Gasteiger partial charge on any atom is 0.180 e. The first-order valence-corrected chi connectivity index (χ1v) is 3.38. The largest absolute Gasteiger partial charge is 0.375 e. The molecule has 0 bridgehead atoms. The topological polar surface area (TPSA) is 64.9 Å². The molecule has 1 rings (SSSR count). The number of hydrogen-bond acceptors (Lipinski definition) is 4. The molecule has 49 valence electrons. The summed E-state index contributed by atoms with van der Waals surface area (Å²) in [6, 6.07) is 0.711. The average molecular weight is 142 g/mol. The molecule has 0 aliphatic heterocycles. The number of rotatable bonds is 1. The Morgan fingerprint density at radius 3 is 2.67 bits per heavy atom. The molecule has 0 atom stereocenters. The van der Waals surface area contributed by atoms with E-state index in [4.69, 9.17) is 11.5 Å². The zero-order valence-corrected chi connectivity index (χ0v) is 5.90. The van der Waals surface area contributed by atoms with E-state index in [1.165, 1.54) is 11.3 Å². The van der Waals surface area contributed by atoms with Crippen molar-refractivity contribution in [2.75, 3.05) is 5.73 Å². The Kier molecular flexibility index (Phi) is 1.68. The number of nitrogens with two attached hydrogens (primary N) is 2. The molecule has 1 heterocycles. The van der Waals surface area contributed by atoms with Gasteiger partial charge in [-0.05, 0) is 6.92 Å². The van der Waals surface area contributed by atoms with Crippen molar-refractivity contribution in [1.29, 1.82) is 0 Å². The number of hydrogen-bond donors (Lipinski definition) is 2. The molecule has 0 aliphatic rings. The minimum absolute atomic E-state index is 0.565. The fourth-order valence-corrected chi connectivity index (χ4v) is 1.09. The van der Waals surface area contributed by atoms with Gasteiger partial charge in [0.05, 0.1) is 11.7 Å². The van der Waals surface area contributed by atoms with Gasteiger partial charge in [-0.3, -0.25) is 0 Å². The maximum atomic E-state index is 5.43. The Hall–Kier alpha value is -0.610. The van der Waals surface area contributed by atoms with Gasteiger partial charge in [0.15, 0.2) is 5.13 Å². The predicted octanol–water partition coefficient (Wildman–Crippen LogP) is 0.584. The summed E-state index contributed by atoms with van der Waals surface area (Å²) < 4.78 is 0. The van der Waals surface area contributed by atoms with Crippen molar-refractivity contribution >= 4 is 16.5 Å². The van der Waals surface area contributed by atoms with Gasteiger partial charge in [0.25, 0.3) is 0 Å². The highest BCUT2D eigenvalue weighted by Crippen LogP contribution is 2.14. The van der Waals surface area contributed by atoms with Crippen LogP contribution < -0.4 is 11.5 Å². The standard InChI is InChI=1S/C5H8N3S/c1-3(6)4-2-9-5(7)8-4/h2H,6H2,1H3,(H2,7,8). The lowest BCUT2D eigenvalue weighted by molar-refractivity contribution is 1.04. The molecule has 1 radical (unpaired) electrons. The fourth-order valence-electron chi connectivity index (χ4n) is 0.469. The molecular weight excluding hydrogens is 134 g/mol. The zero-order chi connectivity index (χ0) is 6.85. The summed E-state index contributed by atoms with van der Waals surface area (Å²) in [7, 11) is 0. The molecule has 1 aromatic rings. The van der Waals surface area contributed by atoms with Crippen LogP contribution in [0.5, 0.6) is 0 Å². The highest BCUT2D eigenvalue weighted by atomic mass is 32.1. The second-order valence-corrected chi connectivity index (χ2v) is 2.64. The molecule has 9 heavy (non-hydrogen) atoms. The first-order chi connectivity index (χ1) is 4.20. The van der Waals surface area contributed by atoms with Crippen LogP contribution in [0, 0.1) is 6.04 Å². The molecule has 0 aliphatic carbocycles. The van der Waals surface area contributed by atoms with Gasteiger partial charge in [-0.25, -0.2) is 4.98 Å². The Balaban J connectivity index is 2.85. The highest BCUT2D eigenvalue weighted by molar-refractivity contribution is 7.13. The molecule has 4 heteroatoms. The monoisotopic (exact) mass is 142 g/mol. The van der Waals surface area contributed by atoms with E-state index < -0.39 is 0 Å². The van der Waals surface area contributed by atoms with Crippen LogP contribution in [0.15, 0.2) is 5.38 Å². The van der Waals surface area contributed by atoms with Crippen molar-refractivity contribution < 1.29 is 0 Å². The van der Waals surface area contributed by atoms with Crippen molar-refractivity contribution in [3.63, 3.8) is 0 Å². The van der Waals surface area contributed by atoms with Crippen molar-refractivity contribution in [3.8, 4) is 0 Å². The number of aromatic nitrogens is 1. The van der Waals surface area contributed by atoms with E-state index in [2.05, 4.69) is 4.98 Å². The lowest BCUT2D eigenvalue weighted by Crippen LogP contribution is -2.06. The molecule has 0 spiro atoms. The summed E-state index contributed by atoms with van der Waals surface area (Å²) >= 11 is 1.40. The van der Waals surface area contributed by atoms with Gasteiger partial charge in [0.1, 0.15) is 0 Å². The number of thiazole rings is 1. The minimum Gasteiger partial charge on any atom is -0.375 e. The van der Waals surface area contributed by atoms with Crippen LogP contribution in [0.4, 0.5) is 5.13 Å². The maximum absolute atomic E-state index is 5.43. The molecule has 4 N–H and O–H groups in total. The molecule has 0 amide bonds. The number of nitrogen functional groups attached to an aromatic ring is 1. The van der Waals surface area contributed by atoms with Crippen molar-refractivity contribution in [1.82, 2.24) is 4.98 Å². The van der Waals surface area contributed by atoms with Crippen LogP contribution in [0.1, 0.15) is 12.6 Å². The first kappa shape index (κ1) is 6.51. The van der Waals surface area contributed by atoms with E-state index in [1.54, 1.807) is 6.92 Å². The Bertz CT molecular complexity index is 194. The Morgan fingerprint density at radius 1 is 1.78 bits per heavy atom. The van der Waals surface area contributed by atoms with Gasteiger partial charge in [0, 0.05) is 5.38 Å². The predicted molar refractivity (Wildman–Crippen MR) is 38.7 cm³/mol. The van der Waals surface area contributed by atoms with Gasteiger partial charge in [-0.15, -0.1) is 11.3 Å². The second kappa shape index (κ2) is 2.33. The zero-order valence-electron chi connectivity index (χ0n) is 5.09. The van der Waals surface area contributed by atoms with Crippen LogP contribution >= 0.6 is 11.3 Å². The van der Waals surface area contributed by atoms with Gasteiger partial charge in [-0.1, -0.05) is 0 Å². The van der Waals surface area contributed by atoms with E-state index in [0.717, 1.165) is 5.69 Å². The Morgan fingerprint density at radius 2 is 2.44 bits per heavy atom. The summed E-state index contributed by atoms with van der Waals surface area (Å²) in [5.74, 6) is 0. The van der Waals surface area contributed by atoms with E-state index >= 15 is 0 Å². The molecule has 3 nitrogen and oxygen atoms in total. The van der Waals surface area contributed by atoms with E-state index in [0.29, 0.717) is 11.2 Å². The summed E-state index contributed by atoms with van der Waals surface area (Å²) in [5, 5.41) is 2.40. The third-order valence-electron chi connectivity index (χ3n) is 0.926. The third kappa shape index (κ3) is 1.40. The van der Waals surface area contributed by atoms with Crippen LogP contribution in [0.3, 0.4) is 0 Å². The molecule has 0 fully saturated rings. The third-order valence-corrected chi connectivity index (χ3v) is 1.60. The summed E-state index contributed by atoms with van der Waals surface area (Å²) in [6.07, 6.45) is 0. The normalized spacial score (nSPS) is 10.6. The van der Waals surface area contributed by atoms with Crippen LogP contribution in [0.2, 0.25) is 0 Å². The number of anilines is 1. The van der Waals surface area contributed by atoms with Gasteiger partial charge >= 0.3 is 0 Å². The van der Waals surface area contributed by atoms with Gasteiger partial charge < -0.3 is 11.5 Å². The van der Waals surface area contributed by atoms with Gasteiger partial charge in [-0.2, -0.15) is 0 Å². The molecule has 1 aromatic heterocycles. The molecule has 0 saturated carbocycles. The van der Waals surface area contributed by atoms with Crippen molar-refractivity contribution in [2.24, 2.45) is 5.73 Å². The summed E-state index contributed by atoms with van der Waals surface area (Å²) in [4.78, 5) is 3.94. The second-order valence-electron chi connectivity index (χ2n) is 1.75. The lowest BCUT2D eigenvalue weighted by Gasteiger charge is -1.94. The smallest absolute Gasteiger partial charge is 0.180 e. The molecule has 0 unspecified atom stereocenters. The summed E-state index contributed by atoms with van der Waals surface area (Å²) in [6.45, 7) is 1.80. The minimum atomic E-state index is 0.565. The van der Waals surface area contributed by atoms with Crippen LogP contribution in [0.25, 0.3) is 0 Å². The quantitative estimate of drug-likeness (QED) is 0.603. The lowest BCUT2D eigenvalue weighted by atomic mass is 10.3. The molecule has 0 aromatic carbocycles. The first-order valence-electron chi connectivity index (χ1n) is 2.50. The Labute approximate surface area is 57.7 Å². The molecule has 0 saturated heterocycles.